The molecular formula is C15H19F2N5O2. The molecule has 0 aromatic carbocycles. The highest BCUT2D eigenvalue weighted by molar-refractivity contribution is 5.92. The molecular weight excluding hydrogens is 320 g/mol. The van der Waals surface area contributed by atoms with E-state index >= 15 is 0 Å². The maximum Gasteiger partial charge on any atom is 0.279 e. The highest BCUT2D eigenvalue weighted by Crippen LogP contribution is 2.27. The van der Waals surface area contributed by atoms with Crippen LogP contribution in [0.15, 0.2) is 18.3 Å². The number of aromatic amines is 1. The molecule has 1 aliphatic heterocycles. The number of hydrogen-bond donors (Lipinski definition) is 2. The predicted molar refractivity (Wildman–Crippen MR) is 80.7 cm³/mol. The molecule has 0 unspecified atom stereocenters. The molecule has 2 aromatic rings. The number of nitrogens with zero attached hydrogens (tertiary/aromatic N) is 4. The third-order valence-electron chi connectivity index (χ3n) is 4.17. The van der Waals surface area contributed by atoms with Crippen LogP contribution in [0.3, 0.4) is 0 Å². The molecule has 7 nitrogen and oxygen atoms in total. The van der Waals surface area contributed by atoms with Gasteiger partial charge in [0.2, 0.25) is 0 Å². The standard InChI is InChI=1S/C15H19F2N5O2/c16-14(17)12-8-13(19-18-12)15(24)21-4-1-2-10(9-21)11-3-5-22(20-11)6-7-23/h3,5,8,10,14,23H,1-2,4,6-7,9H2,(H,18,19)/t10-/m0/s1. The monoisotopic (exact) mass is 339 g/mol. The normalized spacial score (nSPS) is 18.3. The maximum atomic E-state index is 12.6. The second-order valence-corrected chi connectivity index (χ2v) is 5.83. The number of likely N-dealkylation sites (tertiary alicyclic amines) is 1. The van der Waals surface area contributed by atoms with Gasteiger partial charge < -0.3 is 10.0 Å². The van der Waals surface area contributed by atoms with Gasteiger partial charge in [0.15, 0.2) is 5.69 Å². The lowest BCUT2D eigenvalue weighted by Gasteiger charge is -2.31. The molecule has 24 heavy (non-hydrogen) atoms. The summed E-state index contributed by atoms with van der Waals surface area (Å²) >= 11 is 0. The molecule has 130 valence electrons. The Morgan fingerprint density at radius 3 is 3.04 bits per heavy atom. The van der Waals surface area contributed by atoms with Crippen LogP contribution in [-0.2, 0) is 6.54 Å². The smallest absolute Gasteiger partial charge is 0.279 e. The van der Waals surface area contributed by atoms with Crippen molar-refractivity contribution < 1.29 is 18.7 Å². The Kier molecular flexibility index (Phi) is 4.89. The van der Waals surface area contributed by atoms with Gasteiger partial charge in [0.05, 0.1) is 18.8 Å². The quantitative estimate of drug-likeness (QED) is 0.865. The number of amides is 1. The Balaban J connectivity index is 1.68. The van der Waals surface area contributed by atoms with Crippen molar-refractivity contribution in [3.05, 3.63) is 35.4 Å². The van der Waals surface area contributed by atoms with Gasteiger partial charge in [0, 0.05) is 25.2 Å². The molecule has 0 radical (unpaired) electrons. The van der Waals surface area contributed by atoms with Crippen LogP contribution in [-0.4, -0.2) is 55.6 Å². The van der Waals surface area contributed by atoms with Crippen molar-refractivity contribution in [2.45, 2.75) is 31.7 Å². The first-order chi connectivity index (χ1) is 11.6. The van der Waals surface area contributed by atoms with E-state index in [4.69, 9.17) is 5.11 Å². The number of nitrogens with one attached hydrogen (secondary N) is 1. The topological polar surface area (TPSA) is 87.0 Å². The summed E-state index contributed by atoms with van der Waals surface area (Å²) in [6, 6.07) is 2.99. The number of aromatic nitrogens is 4. The van der Waals surface area contributed by atoms with Crippen molar-refractivity contribution in [2.75, 3.05) is 19.7 Å². The fraction of sp³-hybridized carbons (Fsp3) is 0.533. The van der Waals surface area contributed by atoms with Gasteiger partial charge >= 0.3 is 0 Å². The third-order valence-corrected chi connectivity index (χ3v) is 4.17. The van der Waals surface area contributed by atoms with Gasteiger partial charge in [0.1, 0.15) is 5.69 Å². The fourth-order valence-electron chi connectivity index (χ4n) is 2.95. The second-order valence-electron chi connectivity index (χ2n) is 5.83. The van der Waals surface area contributed by atoms with Gasteiger partial charge in [-0.25, -0.2) is 8.78 Å². The summed E-state index contributed by atoms with van der Waals surface area (Å²) in [4.78, 5) is 14.1. The van der Waals surface area contributed by atoms with Crippen LogP contribution in [0.25, 0.3) is 0 Å². The maximum absolute atomic E-state index is 12.6. The number of carbonyl (C=O) groups is 1. The van der Waals surface area contributed by atoms with Crippen molar-refractivity contribution >= 4 is 5.91 Å². The van der Waals surface area contributed by atoms with E-state index in [1.165, 1.54) is 0 Å². The van der Waals surface area contributed by atoms with Crippen LogP contribution < -0.4 is 0 Å². The first-order valence-electron chi connectivity index (χ1n) is 7.85. The number of rotatable bonds is 5. The summed E-state index contributed by atoms with van der Waals surface area (Å²) in [7, 11) is 0. The molecule has 3 rings (SSSR count). The minimum Gasteiger partial charge on any atom is -0.394 e. The number of aliphatic hydroxyl groups is 1. The van der Waals surface area contributed by atoms with Crippen molar-refractivity contribution in [3.63, 3.8) is 0 Å². The number of H-pyrrole nitrogens is 1. The zero-order valence-corrected chi connectivity index (χ0v) is 13.0. The average molecular weight is 339 g/mol. The Labute approximate surface area is 137 Å². The Morgan fingerprint density at radius 1 is 1.50 bits per heavy atom. The van der Waals surface area contributed by atoms with Gasteiger partial charge in [-0.05, 0) is 25.0 Å². The molecule has 1 amide bonds. The van der Waals surface area contributed by atoms with Gasteiger partial charge in [-0.2, -0.15) is 10.2 Å². The van der Waals surface area contributed by atoms with E-state index in [0.29, 0.717) is 19.6 Å². The minimum absolute atomic E-state index is 0.0109. The number of carbonyl (C=O) groups excluding carboxylic acids is 1. The van der Waals surface area contributed by atoms with Crippen molar-refractivity contribution in [1.82, 2.24) is 24.9 Å². The molecule has 1 fully saturated rings. The number of halogens is 2. The zero-order chi connectivity index (χ0) is 17.1. The van der Waals surface area contributed by atoms with Crippen LogP contribution in [0.4, 0.5) is 8.78 Å². The first kappa shape index (κ1) is 16.6. The van der Waals surface area contributed by atoms with E-state index in [2.05, 4.69) is 15.3 Å². The van der Waals surface area contributed by atoms with Crippen LogP contribution in [0.2, 0.25) is 0 Å². The number of alkyl halides is 2. The summed E-state index contributed by atoms with van der Waals surface area (Å²) in [6.45, 7) is 1.50. The van der Waals surface area contributed by atoms with E-state index in [1.807, 2.05) is 6.07 Å². The molecule has 1 aliphatic rings. The van der Waals surface area contributed by atoms with Crippen molar-refractivity contribution in [1.29, 1.82) is 0 Å². The summed E-state index contributed by atoms with van der Waals surface area (Å²) in [5.41, 5.74) is 0.530. The second kappa shape index (κ2) is 7.08. The SMILES string of the molecule is O=C(c1cc(C(F)F)[nH]n1)N1CCC[C@H](c2ccn(CCO)n2)C1. The lowest BCUT2D eigenvalue weighted by atomic mass is 9.95. The molecule has 2 aromatic heterocycles. The summed E-state index contributed by atoms with van der Waals surface area (Å²) in [6.07, 6.45) is 0.844. The van der Waals surface area contributed by atoms with E-state index in [-0.39, 0.29) is 29.8 Å². The summed E-state index contributed by atoms with van der Waals surface area (Å²) in [5, 5.41) is 19.3. The summed E-state index contributed by atoms with van der Waals surface area (Å²) in [5.74, 6) is -0.256. The van der Waals surface area contributed by atoms with Gasteiger partial charge in [-0.15, -0.1) is 0 Å². The molecule has 0 aliphatic carbocycles. The van der Waals surface area contributed by atoms with Gasteiger partial charge in [-0.1, -0.05) is 0 Å². The number of piperidine rings is 1. The summed E-state index contributed by atoms with van der Waals surface area (Å²) < 4.78 is 26.9. The van der Waals surface area contributed by atoms with E-state index in [1.54, 1.807) is 15.8 Å². The van der Waals surface area contributed by atoms with Crippen LogP contribution in [0.5, 0.6) is 0 Å². The Morgan fingerprint density at radius 2 is 2.33 bits per heavy atom. The molecule has 1 saturated heterocycles. The molecule has 0 saturated carbocycles. The molecule has 0 bridgehead atoms. The van der Waals surface area contributed by atoms with E-state index in [0.717, 1.165) is 24.6 Å². The molecule has 0 spiro atoms. The Bertz CT molecular complexity index is 700. The fourth-order valence-corrected chi connectivity index (χ4v) is 2.95. The van der Waals surface area contributed by atoms with E-state index in [9.17, 15) is 13.6 Å². The van der Waals surface area contributed by atoms with Crippen LogP contribution >= 0.6 is 0 Å². The molecule has 2 N–H and O–H groups in total. The lowest BCUT2D eigenvalue weighted by molar-refractivity contribution is 0.0699. The highest BCUT2D eigenvalue weighted by atomic mass is 19.3. The predicted octanol–water partition coefficient (Wildman–Crippen LogP) is 1.56. The zero-order valence-electron chi connectivity index (χ0n) is 13.0. The molecule has 9 heteroatoms. The Hall–Kier alpha value is -2.29. The third kappa shape index (κ3) is 3.45. The first-order valence-corrected chi connectivity index (χ1v) is 7.85. The van der Waals surface area contributed by atoms with E-state index < -0.39 is 6.43 Å². The number of aliphatic hydroxyl groups excluding tert-OH is 1. The van der Waals surface area contributed by atoms with Crippen LogP contribution in [0.1, 0.15) is 47.1 Å². The highest BCUT2D eigenvalue weighted by Gasteiger charge is 2.28. The number of hydrogen-bond acceptors (Lipinski definition) is 4. The van der Waals surface area contributed by atoms with Crippen molar-refractivity contribution in [2.24, 2.45) is 0 Å². The molecule has 1 atom stereocenters. The van der Waals surface area contributed by atoms with Gasteiger partial charge in [0.25, 0.3) is 12.3 Å². The lowest BCUT2D eigenvalue weighted by Crippen LogP contribution is -2.39. The van der Waals surface area contributed by atoms with Gasteiger partial charge in [-0.3, -0.25) is 14.6 Å². The largest absolute Gasteiger partial charge is 0.394 e. The van der Waals surface area contributed by atoms with Crippen LogP contribution in [0, 0.1) is 0 Å². The average Bonchev–Trinajstić information content (AvgIpc) is 3.24. The minimum atomic E-state index is -2.68. The molecule has 3 heterocycles. The van der Waals surface area contributed by atoms with Crippen molar-refractivity contribution in [3.8, 4) is 0 Å².